The van der Waals surface area contributed by atoms with Crippen LogP contribution in [0.5, 0.6) is 0 Å². The third kappa shape index (κ3) is 5.21. The summed E-state index contributed by atoms with van der Waals surface area (Å²) in [4.78, 5) is 12.2. The van der Waals surface area contributed by atoms with Crippen molar-refractivity contribution in [1.82, 2.24) is 15.5 Å². The molecule has 3 aromatic carbocycles. The van der Waals surface area contributed by atoms with Crippen molar-refractivity contribution < 1.29 is 13.6 Å². The summed E-state index contributed by atoms with van der Waals surface area (Å²) in [5.41, 5.74) is 3.03. The Bertz CT molecular complexity index is 1220. The van der Waals surface area contributed by atoms with Gasteiger partial charge in [-0.2, -0.15) is 5.10 Å². The molecule has 0 aliphatic rings. The Balaban J connectivity index is 1.45. The Labute approximate surface area is 177 Å². The lowest BCUT2D eigenvalue weighted by Crippen LogP contribution is -2.28. The van der Waals surface area contributed by atoms with Crippen molar-refractivity contribution in [3.8, 4) is 0 Å². The summed E-state index contributed by atoms with van der Waals surface area (Å²) in [6.45, 7) is 0.588. The zero-order valence-corrected chi connectivity index (χ0v) is 16.5. The molecule has 0 saturated carbocycles. The fourth-order valence-corrected chi connectivity index (χ4v) is 3.14. The van der Waals surface area contributed by atoms with Crippen molar-refractivity contribution in [2.75, 3.05) is 11.9 Å². The molecule has 31 heavy (non-hydrogen) atoms. The number of halogens is 2. The summed E-state index contributed by atoms with van der Waals surface area (Å²) in [7, 11) is 0. The summed E-state index contributed by atoms with van der Waals surface area (Å²) in [5.74, 6) is -1.21. The van der Waals surface area contributed by atoms with Gasteiger partial charge in [-0.3, -0.25) is 9.89 Å². The van der Waals surface area contributed by atoms with Gasteiger partial charge in [0.2, 0.25) is 5.91 Å². The van der Waals surface area contributed by atoms with Crippen LogP contribution in [0.4, 0.5) is 14.5 Å². The van der Waals surface area contributed by atoms with E-state index >= 15 is 0 Å². The molecule has 156 valence electrons. The number of nitrogens with one attached hydrogen (secondary N) is 3. The van der Waals surface area contributed by atoms with E-state index in [4.69, 9.17) is 0 Å². The maximum absolute atomic E-state index is 14.4. The Hall–Kier alpha value is -3.84. The number of carbonyl (C=O) groups excluding carboxylic acids is 1. The van der Waals surface area contributed by atoms with E-state index in [1.165, 1.54) is 18.2 Å². The van der Waals surface area contributed by atoms with Gasteiger partial charge in [0.15, 0.2) is 0 Å². The molecule has 0 radical (unpaired) electrons. The fraction of sp³-hybridized carbons (Fsp3) is 0.0833. The first-order valence-electron chi connectivity index (χ1n) is 9.74. The second kappa shape index (κ2) is 9.32. The van der Waals surface area contributed by atoms with Gasteiger partial charge in [0.05, 0.1) is 23.4 Å². The first-order chi connectivity index (χ1) is 15.1. The molecule has 0 atom stereocenters. The highest BCUT2D eigenvalue weighted by Gasteiger charge is 2.12. The number of carbonyl (C=O) groups is 1. The molecule has 0 spiro atoms. The smallest absolute Gasteiger partial charge is 0.238 e. The van der Waals surface area contributed by atoms with Crippen molar-refractivity contribution >= 4 is 34.6 Å². The molecular weight excluding hydrogens is 398 g/mol. The summed E-state index contributed by atoms with van der Waals surface area (Å²) in [6.07, 6.45) is 3.53. The van der Waals surface area contributed by atoms with Crippen LogP contribution < -0.4 is 10.6 Å². The minimum atomic E-state index is -0.554. The van der Waals surface area contributed by atoms with Crippen LogP contribution in [0.25, 0.3) is 23.1 Å². The molecule has 5 nitrogen and oxygen atoms in total. The van der Waals surface area contributed by atoms with E-state index in [2.05, 4.69) is 20.8 Å². The Morgan fingerprint density at radius 1 is 1.00 bits per heavy atom. The molecule has 7 heteroatoms. The molecule has 1 aromatic heterocycles. The van der Waals surface area contributed by atoms with E-state index in [1.54, 1.807) is 30.4 Å². The third-order valence-corrected chi connectivity index (χ3v) is 4.72. The van der Waals surface area contributed by atoms with E-state index in [0.717, 1.165) is 11.1 Å². The Kier molecular flexibility index (Phi) is 6.14. The predicted molar refractivity (Wildman–Crippen MR) is 118 cm³/mol. The van der Waals surface area contributed by atoms with Crippen LogP contribution in [0.3, 0.4) is 0 Å². The number of anilines is 1. The standard InChI is InChI=1S/C24H20F2N4O/c25-18-9-6-16(7-10-18)8-11-21-19-12-23(20(26)13-22(19)30-29-21)28-24(31)15-27-14-17-4-2-1-3-5-17/h1-13,27H,14-15H2,(H,28,31)(H,29,30). The summed E-state index contributed by atoms with van der Waals surface area (Å²) >= 11 is 0. The fourth-order valence-electron chi connectivity index (χ4n) is 3.14. The molecule has 4 aromatic rings. The highest BCUT2D eigenvalue weighted by atomic mass is 19.1. The van der Waals surface area contributed by atoms with Gasteiger partial charge in [-0.15, -0.1) is 0 Å². The number of aromatic amines is 1. The number of rotatable bonds is 7. The summed E-state index contributed by atoms with van der Waals surface area (Å²) < 4.78 is 27.5. The lowest BCUT2D eigenvalue weighted by atomic mass is 10.1. The Morgan fingerprint density at radius 2 is 1.77 bits per heavy atom. The Morgan fingerprint density at radius 3 is 2.55 bits per heavy atom. The largest absolute Gasteiger partial charge is 0.322 e. The molecule has 3 N–H and O–H groups in total. The third-order valence-electron chi connectivity index (χ3n) is 4.72. The molecule has 4 rings (SSSR count). The van der Waals surface area contributed by atoms with Crippen LogP contribution in [0.15, 0.2) is 66.7 Å². The normalized spacial score (nSPS) is 11.3. The number of hydrogen-bond acceptors (Lipinski definition) is 3. The average molecular weight is 418 g/mol. The number of hydrogen-bond donors (Lipinski definition) is 3. The molecular formula is C24H20F2N4O. The molecule has 0 unspecified atom stereocenters. The summed E-state index contributed by atoms with van der Waals surface area (Å²) in [5, 5.41) is 13.3. The molecule has 1 heterocycles. The number of fused-ring (bicyclic) bond motifs is 1. The lowest BCUT2D eigenvalue weighted by Gasteiger charge is -2.08. The maximum atomic E-state index is 14.4. The zero-order valence-electron chi connectivity index (χ0n) is 16.5. The van der Waals surface area contributed by atoms with Crippen molar-refractivity contribution in [2.24, 2.45) is 0 Å². The maximum Gasteiger partial charge on any atom is 0.238 e. The van der Waals surface area contributed by atoms with E-state index in [0.29, 0.717) is 23.1 Å². The molecule has 0 aliphatic carbocycles. The van der Waals surface area contributed by atoms with Gasteiger partial charge in [-0.1, -0.05) is 48.5 Å². The minimum Gasteiger partial charge on any atom is -0.322 e. The van der Waals surface area contributed by atoms with Crippen molar-refractivity contribution in [3.63, 3.8) is 0 Å². The van der Waals surface area contributed by atoms with E-state index < -0.39 is 5.82 Å². The number of nitrogens with zero attached hydrogens (tertiary/aromatic N) is 1. The molecule has 1 amide bonds. The first-order valence-corrected chi connectivity index (χ1v) is 9.74. The van der Waals surface area contributed by atoms with Crippen LogP contribution in [-0.4, -0.2) is 22.6 Å². The van der Waals surface area contributed by atoms with Crippen LogP contribution in [-0.2, 0) is 11.3 Å². The van der Waals surface area contributed by atoms with Crippen LogP contribution in [0, 0.1) is 11.6 Å². The van der Waals surface area contributed by atoms with Crippen LogP contribution >= 0.6 is 0 Å². The topological polar surface area (TPSA) is 69.8 Å². The number of H-pyrrole nitrogens is 1. The monoisotopic (exact) mass is 418 g/mol. The highest BCUT2D eigenvalue weighted by Crippen LogP contribution is 2.25. The lowest BCUT2D eigenvalue weighted by molar-refractivity contribution is -0.115. The highest BCUT2D eigenvalue weighted by molar-refractivity contribution is 5.97. The van der Waals surface area contributed by atoms with Gasteiger partial charge < -0.3 is 10.6 Å². The molecule has 0 bridgehead atoms. The van der Waals surface area contributed by atoms with Crippen molar-refractivity contribution in [1.29, 1.82) is 0 Å². The van der Waals surface area contributed by atoms with Gasteiger partial charge in [-0.25, -0.2) is 8.78 Å². The van der Waals surface area contributed by atoms with Crippen LogP contribution in [0.2, 0.25) is 0 Å². The molecule has 0 fully saturated rings. The minimum absolute atomic E-state index is 0.0507. The first kappa shape index (κ1) is 20.4. The molecule has 0 aliphatic heterocycles. The number of amides is 1. The van der Waals surface area contributed by atoms with Gasteiger partial charge in [0, 0.05) is 18.0 Å². The van der Waals surface area contributed by atoms with E-state index in [1.807, 2.05) is 30.3 Å². The van der Waals surface area contributed by atoms with E-state index in [9.17, 15) is 13.6 Å². The predicted octanol–water partition coefficient (Wildman–Crippen LogP) is 4.74. The van der Waals surface area contributed by atoms with Crippen molar-refractivity contribution in [2.45, 2.75) is 6.54 Å². The zero-order chi connectivity index (χ0) is 21.6. The van der Waals surface area contributed by atoms with Gasteiger partial charge in [-0.05, 0) is 35.4 Å². The van der Waals surface area contributed by atoms with Crippen LogP contribution in [0.1, 0.15) is 16.8 Å². The second-order valence-corrected chi connectivity index (χ2v) is 7.01. The van der Waals surface area contributed by atoms with E-state index in [-0.39, 0.29) is 24.0 Å². The SMILES string of the molecule is O=C(CNCc1ccccc1)Nc1cc2c(C=Cc3ccc(F)cc3)n[nH]c2cc1F. The van der Waals surface area contributed by atoms with Gasteiger partial charge in [0.1, 0.15) is 11.6 Å². The second-order valence-electron chi connectivity index (χ2n) is 7.01. The summed E-state index contributed by atoms with van der Waals surface area (Å²) in [6, 6.07) is 18.6. The van der Waals surface area contributed by atoms with Gasteiger partial charge >= 0.3 is 0 Å². The quantitative estimate of drug-likeness (QED) is 0.406. The van der Waals surface area contributed by atoms with Crippen molar-refractivity contribution in [3.05, 3.63) is 95.2 Å². The van der Waals surface area contributed by atoms with Gasteiger partial charge in [0.25, 0.3) is 0 Å². The molecule has 0 saturated heterocycles. The number of aromatic nitrogens is 2. The number of benzene rings is 3. The average Bonchev–Trinajstić information content (AvgIpc) is 3.16.